The van der Waals surface area contributed by atoms with Gasteiger partial charge in [-0.25, -0.2) is 4.98 Å². The Hall–Kier alpha value is -2.54. The van der Waals surface area contributed by atoms with Crippen LogP contribution >= 0.6 is 11.8 Å². The van der Waals surface area contributed by atoms with Gasteiger partial charge < -0.3 is 15.2 Å². The van der Waals surface area contributed by atoms with Crippen LogP contribution < -0.4 is 15.8 Å². The van der Waals surface area contributed by atoms with Crippen LogP contribution in [0.15, 0.2) is 45.5 Å². The fourth-order valence-electron chi connectivity index (χ4n) is 4.46. The molecule has 2 heterocycles. The van der Waals surface area contributed by atoms with Crippen LogP contribution in [0, 0.1) is 5.41 Å². The number of hydrogen-bond acceptors (Lipinski definition) is 6. The number of aromatic amines is 1. The second-order valence-corrected chi connectivity index (χ2v) is 10.4. The predicted molar refractivity (Wildman–Crippen MR) is 127 cm³/mol. The van der Waals surface area contributed by atoms with Gasteiger partial charge in [-0.2, -0.15) is 0 Å². The van der Waals surface area contributed by atoms with Gasteiger partial charge in [-0.15, -0.1) is 0 Å². The van der Waals surface area contributed by atoms with E-state index in [9.17, 15) is 9.59 Å². The van der Waals surface area contributed by atoms with E-state index >= 15 is 0 Å². The van der Waals surface area contributed by atoms with Crippen molar-refractivity contribution in [3.05, 3.63) is 57.0 Å². The highest BCUT2D eigenvalue weighted by atomic mass is 32.2. The molecule has 1 atom stereocenters. The topological polar surface area (TPSA) is 78.1 Å². The summed E-state index contributed by atoms with van der Waals surface area (Å²) >= 11 is 1.54. The average Bonchev–Trinajstić information content (AvgIpc) is 2.69. The number of thioether (sulfide) groups is 1. The zero-order chi connectivity index (χ0) is 22.3. The molecule has 1 aliphatic heterocycles. The molecular weight excluding hydrogens is 408 g/mol. The van der Waals surface area contributed by atoms with Crippen molar-refractivity contribution in [1.82, 2.24) is 9.97 Å². The maximum absolute atomic E-state index is 13.3. The first-order chi connectivity index (χ1) is 14.7. The van der Waals surface area contributed by atoms with Gasteiger partial charge in [0.25, 0.3) is 5.56 Å². The standard InChI is InChI=1S/C24H30N4O2S/c1-6-11-31-23-26-21-20(22(30)27-23)18(14-7-9-15(10-8-14)28(4)5)19-16(25-21)12-24(2,3)13-17(19)29/h7-10,18H,6,11-13H2,1-5H3,(H2,25,26,27,30)/t18-/m1/s1. The van der Waals surface area contributed by atoms with Gasteiger partial charge in [-0.1, -0.05) is 44.7 Å². The zero-order valence-electron chi connectivity index (χ0n) is 18.8. The van der Waals surface area contributed by atoms with Crippen molar-refractivity contribution in [3.8, 4) is 0 Å². The zero-order valence-corrected chi connectivity index (χ0v) is 19.7. The van der Waals surface area contributed by atoms with Crippen LogP contribution in [0.25, 0.3) is 0 Å². The Kier molecular flexibility index (Phi) is 5.73. The molecule has 1 aromatic carbocycles. The number of hydrogen-bond donors (Lipinski definition) is 2. The SMILES string of the molecule is CCCSc1nc2c(c(=O)[nH]1)[C@H](c1ccc(N(C)C)cc1)C1=C(CC(C)(C)CC1=O)N2. The van der Waals surface area contributed by atoms with Crippen LogP contribution in [0.3, 0.4) is 0 Å². The van der Waals surface area contributed by atoms with Gasteiger partial charge in [-0.05, 0) is 36.0 Å². The van der Waals surface area contributed by atoms with Gasteiger partial charge in [0.05, 0.1) is 5.56 Å². The van der Waals surface area contributed by atoms with Gasteiger partial charge >= 0.3 is 0 Å². The fourth-order valence-corrected chi connectivity index (χ4v) is 5.18. The smallest absolute Gasteiger partial charge is 0.257 e. The van der Waals surface area contributed by atoms with Crippen molar-refractivity contribution in [1.29, 1.82) is 0 Å². The number of ketones is 1. The minimum absolute atomic E-state index is 0.106. The molecule has 0 radical (unpaired) electrons. The van der Waals surface area contributed by atoms with Crippen molar-refractivity contribution in [2.24, 2.45) is 5.41 Å². The van der Waals surface area contributed by atoms with E-state index in [0.717, 1.165) is 35.5 Å². The third-order valence-corrected chi connectivity index (χ3v) is 6.97. The lowest BCUT2D eigenvalue weighted by Gasteiger charge is -2.38. The molecular formula is C24H30N4O2S. The van der Waals surface area contributed by atoms with Crippen LogP contribution in [0.4, 0.5) is 11.5 Å². The number of anilines is 2. The van der Waals surface area contributed by atoms with Gasteiger partial charge in [0.1, 0.15) is 5.82 Å². The summed E-state index contributed by atoms with van der Waals surface area (Å²) in [6.07, 6.45) is 2.23. The van der Waals surface area contributed by atoms with Crippen LogP contribution in [0.5, 0.6) is 0 Å². The molecule has 0 saturated carbocycles. The number of fused-ring (bicyclic) bond motifs is 1. The van der Waals surface area contributed by atoms with E-state index in [1.54, 1.807) is 11.8 Å². The molecule has 2 N–H and O–H groups in total. The van der Waals surface area contributed by atoms with E-state index in [-0.39, 0.29) is 16.8 Å². The number of carbonyl (C=O) groups is 1. The summed E-state index contributed by atoms with van der Waals surface area (Å²) in [6.45, 7) is 6.32. The molecule has 7 heteroatoms. The minimum atomic E-state index is -0.410. The number of rotatable bonds is 5. The second kappa shape index (κ2) is 8.19. The summed E-state index contributed by atoms with van der Waals surface area (Å²) < 4.78 is 0. The number of nitrogens with one attached hydrogen (secondary N) is 2. The van der Waals surface area contributed by atoms with E-state index in [2.05, 4.69) is 31.1 Å². The molecule has 6 nitrogen and oxygen atoms in total. The highest BCUT2D eigenvalue weighted by Gasteiger charge is 2.42. The van der Waals surface area contributed by atoms with E-state index in [0.29, 0.717) is 28.5 Å². The van der Waals surface area contributed by atoms with Crippen molar-refractivity contribution in [2.75, 3.05) is 30.1 Å². The second-order valence-electron chi connectivity index (χ2n) is 9.36. The first-order valence-corrected chi connectivity index (χ1v) is 11.8. The lowest BCUT2D eigenvalue weighted by molar-refractivity contribution is -0.118. The average molecular weight is 439 g/mol. The van der Waals surface area contributed by atoms with Crippen molar-refractivity contribution in [2.45, 2.75) is 51.1 Å². The molecule has 0 bridgehead atoms. The molecule has 0 amide bonds. The third kappa shape index (κ3) is 4.15. The summed E-state index contributed by atoms with van der Waals surface area (Å²) in [7, 11) is 3.98. The molecule has 2 aliphatic rings. The van der Waals surface area contributed by atoms with Crippen molar-refractivity contribution >= 4 is 29.1 Å². The summed E-state index contributed by atoms with van der Waals surface area (Å²) in [5, 5.41) is 3.99. The third-order valence-electron chi connectivity index (χ3n) is 5.89. The minimum Gasteiger partial charge on any atom is -0.378 e. The molecule has 4 rings (SSSR count). The number of benzene rings is 1. The molecule has 31 heavy (non-hydrogen) atoms. The Morgan fingerprint density at radius 3 is 2.52 bits per heavy atom. The normalized spacial score (nSPS) is 19.5. The number of aromatic nitrogens is 2. The molecule has 1 aromatic heterocycles. The molecule has 0 spiro atoms. The Bertz CT molecular complexity index is 1100. The fraction of sp³-hybridized carbons (Fsp3) is 0.458. The molecule has 0 unspecified atom stereocenters. The van der Waals surface area contributed by atoms with Crippen LogP contribution in [0.2, 0.25) is 0 Å². The maximum Gasteiger partial charge on any atom is 0.257 e. The van der Waals surface area contributed by atoms with Crippen LogP contribution in [0.1, 0.15) is 57.1 Å². The van der Waals surface area contributed by atoms with Gasteiger partial charge in [0, 0.05) is 49.1 Å². The first kappa shape index (κ1) is 21.7. The molecule has 0 saturated heterocycles. The van der Waals surface area contributed by atoms with Crippen LogP contribution in [-0.2, 0) is 4.79 Å². The molecule has 164 valence electrons. The van der Waals surface area contributed by atoms with Gasteiger partial charge in [0.15, 0.2) is 10.9 Å². The van der Waals surface area contributed by atoms with Crippen molar-refractivity contribution < 1.29 is 4.79 Å². The maximum atomic E-state index is 13.3. The van der Waals surface area contributed by atoms with Crippen molar-refractivity contribution in [3.63, 3.8) is 0 Å². The number of nitrogens with zero attached hydrogens (tertiary/aromatic N) is 2. The van der Waals surface area contributed by atoms with E-state index < -0.39 is 5.92 Å². The summed E-state index contributed by atoms with van der Waals surface area (Å²) in [4.78, 5) is 36.2. The lowest BCUT2D eigenvalue weighted by atomic mass is 9.69. The quantitative estimate of drug-likeness (QED) is 0.527. The first-order valence-electron chi connectivity index (χ1n) is 10.8. The molecule has 2 aromatic rings. The summed E-state index contributed by atoms with van der Waals surface area (Å²) in [5.74, 6) is 1.16. The Morgan fingerprint density at radius 2 is 1.87 bits per heavy atom. The molecule has 0 fully saturated rings. The summed E-state index contributed by atoms with van der Waals surface area (Å²) in [6, 6.07) is 8.10. The van der Waals surface area contributed by atoms with E-state index in [4.69, 9.17) is 4.98 Å². The highest BCUT2D eigenvalue weighted by Crippen LogP contribution is 2.47. The summed E-state index contributed by atoms with van der Waals surface area (Å²) in [5.41, 5.74) is 3.86. The Balaban J connectivity index is 1.88. The van der Waals surface area contributed by atoms with Crippen LogP contribution in [-0.4, -0.2) is 35.6 Å². The Labute approximate surface area is 187 Å². The largest absolute Gasteiger partial charge is 0.378 e. The highest BCUT2D eigenvalue weighted by molar-refractivity contribution is 7.99. The van der Waals surface area contributed by atoms with Gasteiger partial charge in [0.2, 0.25) is 0 Å². The number of H-pyrrole nitrogens is 1. The number of Topliss-reactive ketones (excluding diaryl/α,β-unsaturated/α-hetero) is 1. The van der Waals surface area contributed by atoms with Gasteiger partial charge in [-0.3, -0.25) is 9.59 Å². The molecule has 1 aliphatic carbocycles. The predicted octanol–water partition coefficient (Wildman–Crippen LogP) is 4.54. The monoisotopic (exact) mass is 438 g/mol. The number of carbonyl (C=O) groups excluding carboxylic acids is 1. The van der Waals surface area contributed by atoms with E-state index in [1.807, 2.05) is 43.3 Å². The Morgan fingerprint density at radius 1 is 1.16 bits per heavy atom. The lowest BCUT2D eigenvalue weighted by Crippen LogP contribution is -2.37. The number of allylic oxidation sites excluding steroid dienone is 2. The van der Waals surface area contributed by atoms with E-state index in [1.165, 1.54) is 0 Å².